The minimum Gasteiger partial charge on any atom is -0.438 e. The third kappa shape index (κ3) is 4.85. The Hall–Kier alpha value is -2.34. The first-order valence-corrected chi connectivity index (χ1v) is 8.71. The van der Waals surface area contributed by atoms with Crippen molar-refractivity contribution in [3.05, 3.63) is 28.2 Å². The van der Waals surface area contributed by atoms with E-state index >= 15 is 0 Å². The summed E-state index contributed by atoms with van der Waals surface area (Å²) in [7, 11) is 0. The molecule has 0 aliphatic heterocycles. The van der Waals surface area contributed by atoms with Gasteiger partial charge >= 0.3 is 5.97 Å². The summed E-state index contributed by atoms with van der Waals surface area (Å²) in [6.45, 7) is 0.650. The average molecular weight is 399 g/mol. The smallest absolute Gasteiger partial charge is 0.314 e. The Balaban J connectivity index is 1.29. The van der Waals surface area contributed by atoms with E-state index < -0.39 is 5.97 Å². The van der Waals surface area contributed by atoms with Crippen LogP contribution in [0.1, 0.15) is 5.69 Å². The molecule has 0 saturated carbocycles. The van der Waals surface area contributed by atoms with Crippen molar-refractivity contribution >= 4 is 45.9 Å². The number of carbonyl (C=O) groups excluding carboxylic acids is 1. The van der Waals surface area contributed by atoms with E-state index in [2.05, 4.69) is 19.9 Å². The molecule has 0 aliphatic carbocycles. The van der Waals surface area contributed by atoms with Crippen LogP contribution in [0.2, 0.25) is 4.47 Å². The second kappa shape index (κ2) is 8.85. The van der Waals surface area contributed by atoms with Crippen molar-refractivity contribution in [3.8, 4) is 0 Å². The van der Waals surface area contributed by atoms with Gasteiger partial charge in [0.15, 0.2) is 22.7 Å². The predicted molar refractivity (Wildman–Crippen MR) is 93.4 cm³/mol. The number of ether oxygens (including phenoxy) is 3. The molecule has 0 atom stereocenters. The Labute approximate surface area is 156 Å². The third-order valence-electron chi connectivity index (χ3n) is 3.18. The third-order valence-corrected chi connectivity index (χ3v) is 4.21. The van der Waals surface area contributed by atoms with Crippen LogP contribution in [0.15, 0.2) is 18.0 Å². The number of hydrogen-bond donors (Lipinski definition) is 1. The Kier molecular flexibility index (Phi) is 6.28. The molecule has 138 valence electrons. The van der Waals surface area contributed by atoms with Gasteiger partial charge < -0.3 is 19.9 Å². The van der Waals surface area contributed by atoms with Gasteiger partial charge in [0.2, 0.25) is 0 Å². The number of thiazole rings is 1. The molecule has 26 heavy (non-hydrogen) atoms. The number of anilines is 1. The average Bonchev–Trinajstić information content (AvgIpc) is 3.21. The number of rotatable bonds is 9. The van der Waals surface area contributed by atoms with Gasteiger partial charge in [-0.3, -0.25) is 9.36 Å². The maximum Gasteiger partial charge on any atom is 0.314 e. The van der Waals surface area contributed by atoms with Gasteiger partial charge in [0.25, 0.3) is 0 Å². The maximum atomic E-state index is 11.6. The van der Waals surface area contributed by atoms with Gasteiger partial charge in [-0.15, -0.1) is 11.3 Å². The molecule has 3 rings (SSSR count). The van der Waals surface area contributed by atoms with Crippen LogP contribution in [0.5, 0.6) is 0 Å². The molecule has 0 spiro atoms. The van der Waals surface area contributed by atoms with Crippen molar-refractivity contribution in [2.75, 3.05) is 25.7 Å². The molecule has 0 fully saturated rings. The molecular formula is C14H15ClN6O4S. The van der Waals surface area contributed by atoms with E-state index in [-0.39, 0.29) is 26.6 Å². The van der Waals surface area contributed by atoms with Crippen molar-refractivity contribution < 1.29 is 19.0 Å². The van der Waals surface area contributed by atoms with Gasteiger partial charge in [-0.25, -0.2) is 19.9 Å². The molecule has 3 aromatic heterocycles. The van der Waals surface area contributed by atoms with Gasteiger partial charge in [-0.1, -0.05) is 11.6 Å². The first-order chi connectivity index (χ1) is 12.6. The molecule has 12 heteroatoms. The zero-order chi connectivity index (χ0) is 18.4. The van der Waals surface area contributed by atoms with E-state index in [1.54, 1.807) is 16.3 Å². The Morgan fingerprint density at radius 1 is 1.27 bits per heavy atom. The molecule has 0 amide bonds. The predicted octanol–water partition coefficient (Wildman–Crippen LogP) is 1.25. The highest BCUT2D eigenvalue weighted by atomic mass is 35.5. The van der Waals surface area contributed by atoms with E-state index in [4.69, 9.17) is 31.5 Å². The van der Waals surface area contributed by atoms with E-state index in [0.717, 1.165) is 0 Å². The topological polar surface area (TPSA) is 127 Å². The number of carbonyl (C=O) groups is 1. The fraction of sp³-hybridized carbons (Fsp3) is 0.357. The molecule has 0 unspecified atom stereocenters. The van der Waals surface area contributed by atoms with Crippen molar-refractivity contribution in [3.63, 3.8) is 0 Å². The summed E-state index contributed by atoms with van der Waals surface area (Å²) in [5, 5.41) is 1.70. The summed E-state index contributed by atoms with van der Waals surface area (Å²) in [5.41, 5.74) is 7.41. The molecule has 0 aliphatic rings. The number of nitrogens with zero attached hydrogens (tertiary/aromatic N) is 5. The van der Waals surface area contributed by atoms with Crippen LogP contribution >= 0.6 is 22.9 Å². The van der Waals surface area contributed by atoms with Gasteiger partial charge in [-0.2, -0.15) is 0 Å². The number of imidazole rings is 1. The van der Waals surface area contributed by atoms with Crippen LogP contribution in [0.3, 0.4) is 0 Å². The minimum absolute atomic E-state index is 0.0573. The van der Waals surface area contributed by atoms with Crippen molar-refractivity contribution in [2.45, 2.75) is 13.2 Å². The molecule has 0 bridgehead atoms. The number of esters is 1. The van der Waals surface area contributed by atoms with Crippen LogP contribution in [0.25, 0.3) is 11.2 Å². The van der Waals surface area contributed by atoms with Crippen LogP contribution in [-0.4, -0.2) is 50.5 Å². The lowest BCUT2D eigenvalue weighted by molar-refractivity contribution is -0.156. The Morgan fingerprint density at radius 3 is 2.92 bits per heavy atom. The SMILES string of the molecule is Nc1ncnc2c1ncn2COCCOCOC(=O)Cc1csc(Cl)n1. The lowest BCUT2D eigenvalue weighted by atomic mass is 10.3. The van der Waals surface area contributed by atoms with Crippen LogP contribution < -0.4 is 5.73 Å². The molecule has 0 radical (unpaired) electrons. The second-order valence-corrected chi connectivity index (χ2v) is 6.43. The van der Waals surface area contributed by atoms with E-state index in [1.165, 1.54) is 17.7 Å². The largest absolute Gasteiger partial charge is 0.438 e. The Bertz CT molecular complexity index is 885. The summed E-state index contributed by atoms with van der Waals surface area (Å²) in [5.74, 6) is -0.117. The summed E-state index contributed by atoms with van der Waals surface area (Å²) >= 11 is 6.96. The standard InChI is InChI=1S/C14H15ClN6O4S/c15-14-20-9(4-26-14)3-10(22)25-8-24-2-1-23-7-21-6-19-11-12(16)17-5-18-13(11)21/h4-6H,1-3,7-8H2,(H2,16,17,18). The summed E-state index contributed by atoms with van der Waals surface area (Å²) in [4.78, 5) is 27.7. The van der Waals surface area contributed by atoms with Crippen LogP contribution in [-0.2, 0) is 32.2 Å². The number of nitrogens with two attached hydrogens (primary N) is 1. The van der Waals surface area contributed by atoms with Crippen LogP contribution in [0, 0.1) is 0 Å². The molecule has 0 saturated heterocycles. The summed E-state index contributed by atoms with van der Waals surface area (Å²) < 4.78 is 17.7. The van der Waals surface area contributed by atoms with Crippen LogP contribution in [0.4, 0.5) is 5.82 Å². The van der Waals surface area contributed by atoms with Gasteiger partial charge in [-0.05, 0) is 0 Å². The molecule has 0 aromatic carbocycles. The van der Waals surface area contributed by atoms with Gasteiger partial charge in [0.1, 0.15) is 18.6 Å². The fourth-order valence-corrected chi connectivity index (χ4v) is 2.78. The minimum atomic E-state index is -0.435. The molecule has 2 N–H and O–H groups in total. The van der Waals surface area contributed by atoms with Gasteiger partial charge in [0, 0.05) is 5.38 Å². The number of aromatic nitrogens is 5. The summed E-state index contributed by atoms with van der Waals surface area (Å²) in [6, 6.07) is 0. The van der Waals surface area contributed by atoms with E-state index in [1.807, 2.05) is 0 Å². The molecule has 10 nitrogen and oxygen atoms in total. The normalized spacial score (nSPS) is 11.1. The first kappa shape index (κ1) is 18.5. The number of nitrogen functional groups attached to an aromatic ring is 1. The fourth-order valence-electron chi connectivity index (χ4n) is 2.00. The lowest BCUT2D eigenvalue weighted by Crippen LogP contribution is -2.14. The molecular weight excluding hydrogens is 384 g/mol. The number of hydrogen-bond acceptors (Lipinski definition) is 10. The number of fused-ring (bicyclic) bond motifs is 1. The first-order valence-electron chi connectivity index (χ1n) is 7.46. The van der Waals surface area contributed by atoms with E-state index in [0.29, 0.717) is 33.7 Å². The van der Waals surface area contributed by atoms with Crippen molar-refractivity contribution in [2.24, 2.45) is 0 Å². The van der Waals surface area contributed by atoms with Crippen molar-refractivity contribution in [1.29, 1.82) is 0 Å². The zero-order valence-electron chi connectivity index (χ0n) is 13.5. The number of halogens is 1. The van der Waals surface area contributed by atoms with Gasteiger partial charge in [0.05, 0.1) is 31.7 Å². The highest BCUT2D eigenvalue weighted by Gasteiger charge is 2.09. The van der Waals surface area contributed by atoms with E-state index in [9.17, 15) is 4.79 Å². The maximum absolute atomic E-state index is 11.6. The zero-order valence-corrected chi connectivity index (χ0v) is 15.1. The monoisotopic (exact) mass is 398 g/mol. The highest BCUT2D eigenvalue weighted by Crippen LogP contribution is 2.15. The van der Waals surface area contributed by atoms with Crippen molar-refractivity contribution in [1.82, 2.24) is 24.5 Å². The molecule has 3 heterocycles. The molecule has 3 aromatic rings. The summed E-state index contributed by atoms with van der Waals surface area (Å²) in [6.07, 6.45) is 3.00. The quantitative estimate of drug-likeness (QED) is 0.321. The second-order valence-electron chi connectivity index (χ2n) is 4.99. The Morgan fingerprint density at radius 2 is 2.12 bits per heavy atom. The lowest BCUT2D eigenvalue weighted by Gasteiger charge is -2.07. The highest BCUT2D eigenvalue weighted by molar-refractivity contribution is 7.13.